The van der Waals surface area contributed by atoms with Crippen molar-refractivity contribution in [3.05, 3.63) is 28.2 Å². The maximum atomic E-state index is 5.14. The van der Waals surface area contributed by atoms with E-state index in [4.69, 9.17) is 4.74 Å². The van der Waals surface area contributed by atoms with E-state index in [1.165, 1.54) is 0 Å². The van der Waals surface area contributed by atoms with Crippen LogP contribution in [0.4, 0.5) is 0 Å². The summed E-state index contributed by atoms with van der Waals surface area (Å²) in [6.07, 6.45) is 0. The summed E-state index contributed by atoms with van der Waals surface area (Å²) in [7, 11) is 1.66. The molecule has 1 N–H and O–H groups in total. The Morgan fingerprint density at radius 3 is 2.87 bits per heavy atom. The van der Waals surface area contributed by atoms with Gasteiger partial charge in [-0.15, -0.1) is 0 Å². The van der Waals surface area contributed by atoms with Gasteiger partial charge in [0.15, 0.2) is 0 Å². The van der Waals surface area contributed by atoms with E-state index in [-0.39, 0.29) is 0 Å². The Morgan fingerprint density at radius 2 is 2.33 bits per heavy atom. The highest BCUT2D eigenvalue weighted by Crippen LogP contribution is 2.24. The van der Waals surface area contributed by atoms with Crippen molar-refractivity contribution >= 4 is 21.8 Å². The summed E-state index contributed by atoms with van der Waals surface area (Å²) in [6, 6.07) is 6.32. The van der Waals surface area contributed by atoms with Gasteiger partial charge in [0, 0.05) is 16.1 Å². The Hall–Kier alpha value is -1.03. The summed E-state index contributed by atoms with van der Waals surface area (Å²) in [4.78, 5) is 4.44. The van der Waals surface area contributed by atoms with Crippen LogP contribution < -0.4 is 10.1 Å². The summed E-state index contributed by atoms with van der Waals surface area (Å²) >= 11 is 3.52. The zero-order valence-corrected chi connectivity index (χ0v) is 10.3. The highest BCUT2D eigenvalue weighted by atomic mass is 79.9. The lowest BCUT2D eigenvalue weighted by molar-refractivity contribution is 0.414. The molecule has 0 saturated heterocycles. The van der Waals surface area contributed by atoms with Crippen molar-refractivity contribution in [1.29, 1.82) is 0 Å². The number of methoxy groups -OCH3 is 1. The van der Waals surface area contributed by atoms with E-state index in [0.29, 0.717) is 6.04 Å². The first kappa shape index (κ1) is 10.5. The molecule has 0 spiro atoms. The summed E-state index contributed by atoms with van der Waals surface area (Å²) in [6.45, 7) is 2.96. The van der Waals surface area contributed by atoms with Crippen molar-refractivity contribution in [2.75, 3.05) is 13.7 Å². The normalized spacial score (nSPS) is 19.7. The lowest BCUT2D eigenvalue weighted by Gasteiger charge is -2.09. The third kappa shape index (κ3) is 2.15. The molecule has 1 aliphatic heterocycles. The minimum atomic E-state index is 0.425. The van der Waals surface area contributed by atoms with Crippen LogP contribution in [0.5, 0.6) is 5.75 Å². The first-order valence-corrected chi connectivity index (χ1v) is 5.65. The molecule has 3 nitrogen and oxygen atoms in total. The molecular weight excluding hydrogens is 256 g/mol. The minimum absolute atomic E-state index is 0.425. The second-order valence-electron chi connectivity index (χ2n) is 3.58. The summed E-state index contributed by atoms with van der Waals surface area (Å²) < 4.78 is 6.15. The van der Waals surface area contributed by atoms with Gasteiger partial charge in [-0.2, -0.15) is 0 Å². The molecule has 15 heavy (non-hydrogen) atoms. The Balaban J connectivity index is 2.29. The fourth-order valence-corrected chi connectivity index (χ4v) is 2.08. The van der Waals surface area contributed by atoms with Crippen molar-refractivity contribution < 1.29 is 4.74 Å². The van der Waals surface area contributed by atoms with Gasteiger partial charge >= 0.3 is 0 Å². The van der Waals surface area contributed by atoms with Crippen LogP contribution in [0, 0.1) is 0 Å². The maximum absolute atomic E-state index is 5.14. The molecule has 0 saturated carbocycles. The van der Waals surface area contributed by atoms with Crippen LogP contribution in [0.15, 0.2) is 27.7 Å². The molecule has 1 heterocycles. The monoisotopic (exact) mass is 268 g/mol. The van der Waals surface area contributed by atoms with Crippen LogP contribution in [0.2, 0.25) is 0 Å². The molecule has 4 heteroatoms. The number of halogens is 1. The zero-order chi connectivity index (χ0) is 10.8. The Kier molecular flexibility index (Phi) is 2.95. The van der Waals surface area contributed by atoms with Crippen molar-refractivity contribution in [2.24, 2.45) is 4.99 Å². The molecule has 1 atom stereocenters. The van der Waals surface area contributed by atoms with Gasteiger partial charge in [-0.1, -0.05) is 0 Å². The van der Waals surface area contributed by atoms with Gasteiger partial charge in [-0.05, 0) is 41.1 Å². The molecule has 2 rings (SSSR count). The molecule has 0 bridgehead atoms. The van der Waals surface area contributed by atoms with E-state index in [1.807, 2.05) is 18.2 Å². The molecule has 80 valence electrons. The summed E-state index contributed by atoms with van der Waals surface area (Å²) in [5.41, 5.74) is 1.08. The van der Waals surface area contributed by atoms with Gasteiger partial charge in [-0.25, -0.2) is 0 Å². The topological polar surface area (TPSA) is 33.6 Å². The van der Waals surface area contributed by atoms with Gasteiger partial charge in [0.25, 0.3) is 0 Å². The number of nitrogens with one attached hydrogen (secondary N) is 1. The first-order valence-electron chi connectivity index (χ1n) is 4.85. The van der Waals surface area contributed by atoms with Crippen molar-refractivity contribution in [1.82, 2.24) is 5.32 Å². The van der Waals surface area contributed by atoms with Crippen LogP contribution in [-0.2, 0) is 0 Å². The molecule has 0 aliphatic carbocycles. The molecule has 1 aromatic rings. The van der Waals surface area contributed by atoms with Crippen LogP contribution >= 0.6 is 15.9 Å². The second-order valence-corrected chi connectivity index (χ2v) is 4.43. The summed E-state index contributed by atoms with van der Waals surface area (Å²) in [5, 5.41) is 3.33. The van der Waals surface area contributed by atoms with Crippen LogP contribution in [0.25, 0.3) is 0 Å². The van der Waals surface area contributed by atoms with E-state index in [2.05, 4.69) is 33.2 Å². The zero-order valence-electron chi connectivity index (χ0n) is 8.75. The number of hydrogen-bond acceptors (Lipinski definition) is 3. The third-order valence-corrected chi connectivity index (χ3v) is 2.99. The van der Waals surface area contributed by atoms with Crippen LogP contribution in [-0.4, -0.2) is 25.5 Å². The lowest BCUT2D eigenvalue weighted by Crippen LogP contribution is -2.27. The van der Waals surface area contributed by atoms with Crippen molar-refractivity contribution in [3.63, 3.8) is 0 Å². The molecule has 1 unspecified atom stereocenters. The van der Waals surface area contributed by atoms with Crippen LogP contribution in [0.1, 0.15) is 12.5 Å². The molecule has 1 aliphatic rings. The maximum Gasteiger partial charge on any atom is 0.129 e. The smallest absolute Gasteiger partial charge is 0.129 e. The molecule has 0 aromatic heterocycles. The number of nitrogens with zero attached hydrogens (tertiary/aromatic N) is 1. The number of amidine groups is 1. The van der Waals surface area contributed by atoms with Gasteiger partial charge in [0.05, 0.1) is 13.7 Å². The molecule has 0 radical (unpaired) electrons. The van der Waals surface area contributed by atoms with Crippen LogP contribution in [0.3, 0.4) is 0 Å². The molecular formula is C11H13BrN2O. The second kappa shape index (κ2) is 4.23. The van der Waals surface area contributed by atoms with E-state index in [1.54, 1.807) is 7.11 Å². The number of aliphatic imine (C=N–C) groups is 1. The van der Waals surface area contributed by atoms with Crippen molar-refractivity contribution in [3.8, 4) is 5.75 Å². The molecule has 1 aromatic carbocycles. The Morgan fingerprint density at radius 1 is 1.53 bits per heavy atom. The van der Waals surface area contributed by atoms with E-state index in [9.17, 15) is 0 Å². The molecule has 0 fully saturated rings. The number of hydrogen-bond donors (Lipinski definition) is 1. The first-order chi connectivity index (χ1) is 7.20. The fraction of sp³-hybridized carbons (Fsp3) is 0.364. The van der Waals surface area contributed by atoms with E-state index in [0.717, 1.165) is 28.2 Å². The molecule has 0 amide bonds. The SMILES string of the molecule is COc1ccc(C2=NCC(C)N2)c(Br)c1. The number of ether oxygens (including phenoxy) is 1. The van der Waals surface area contributed by atoms with E-state index < -0.39 is 0 Å². The minimum Gasteiger partial charge on any atom is -0.497 e. The predicted octanol–water partition coefficient (Wildman–Crippen LogP) is 2.20. The average molecular weight is 269 g/mol. The lowest BCUT2D eigenvalue weighted by atomic mass is 10.2. The standard InChI is InChI=1S/C11H13BrN2O/c1-7-6-13-11(14-7)9-4-3-8(15-2)5-10(9)12/h3-5,7H,6H2,1-2H3,(H,13,14). The fourth-order valence-electron chi connectivity index (χ4n) is 1.53. The highest BCUT2D eigenvalue weighted by molar-refractivity contribution is 9.10. The predicted molar refractivity (Wildman–Crippen MR) is 64.7 cm³/mol. The number of rotatable bonds is 2. The Labute approximate surface area is 97.7 Å². The highest BCUT2D eigenvalue weighted by Gasteiger charge is 2.16. The van der Waals surface area contributed by atoms with Gasteiger partial charge in [-0.3, -0.25) is 4.99 Å². The third-order valence-electron chi connectivity index (χ3n) is 2.34. The van der Waals surface area contributed by atoms with E-state index >= 15 is 0 Å². The van der Waals surface area contributed by atoms with Gasteiger partial charge < -0.3 is 10.1 Å². The van der Waals surface area contributed by atoms with Crippen molar-refractivity contribution in [2.45, 2.75) is 13.0 Å². The van der Waals surface area contributed by atoms with Gasteiger partial charge in [0.2, 0.25) is 0 Å². The largest absolute Gasteiger partial charge is 0.497 e. The summed E-state index contributed by atoms with van der Waals surface area (Å²) in [5.74, 6) is 1.80. The average Bonchev–Trinajstić information content (AvgIpc) is 2.64. The van der Waals surface area contributed by atoms with Gasteiger partial charge in [0.1, 0.15) is 11.6 Å². The Bertz CT molecular complexity index is 404. The number of benzene rings is 1. The quantitative estimate of drug-likeness (QED) is 0.893.